The summed E-state index contributed by atoms with van der Waals surface area (Å²) in [5.74, 6) is 0. The third-order valence-corrected chi connectivity index (χ3v) is 2.18. The Balaban J connectivity index is 1.93. The number of ether oxygens (including phenoxy) is 1. The van der Waals surface area contributed by atoms with Gasteiger partial charge in [-0.2, -0.15) is 0 Å². The Hall–Kier alpha value is -0.0800. The van der Waals surface area contributed by atoms with E-state index in [1.165, 1.54) is 12.8 Å². The lowest BCUT2D eigenvalue weighted by Gasteiger charge is -2.44. The predicted octanol–water partition coefficient (Wildman–Crippen LogP) is 0.343. The Labute approximate surface area is 55.6 Å². The van der Waals surface area contributed by atoms with Crippen LogP contribution >= 0.6 is 0 Å². The molecule has 2 heteroatoms. The summed E-state index contributed by atoms with van der Waals surface area (Å²) in [6, 6.07) is 0. The van der Waals surface area contributed by atoms with Crippen LogP contribution in [0.15, 0.2) is 0 Å². The molecule has 2 fully saturated rings. The van der Waals surface area contributed by atoms with E-state index in [2.05, 4.69) is 11.7 Å². The van der Waals surface area contributed by atoms with Crippen LogP contribution in [-0.4, -0.2) is 25.3 Å². The highest BCUT2D eigenvalue weighted by Crippen LogP contribution is 2.34. The average molecular weight is 126 g/mol. The fourth-order valence-electron chi connectivity index (χ4n) is 1.44. The molecule has 1 radical (unpaired) electrons. The zero-order chi connectivity index (χ0) is 6.16. The predicted molar refractivity (Wildman–Crippen MR) is 35.1 cm³/mol. The first kappa shape index (κ1) is 5.69. The van der Waals surface area contributed by atoms with Gasteiger partial charge in [0.2, 0.25) is 0 Å². The van der Waals surface area contributed by atoms with Gasteiger partial charge in [-0.05, 0) is 19.3 Å². The molecule has 1 saturated heterocycles. The van der Waals surface area contributed by atoms with Crippen LogP contribution < -0.4 is 5.32 Å². The van der Waals surface area contributed by atoms with Gasteiger partial charge in [0.25, 0.3) is 0 Å². The minimum absolute atomic E-state index is 0.165. The van der Waals surface area contributed by atoms with Gasteiger partial charge in [-0.3, -0.25) is 0 Å². The van der Waals surface area contributed by atoms with Crippen LogP contribution in [0.4, 0.5) is 0 Å². The van der Waals surface area contributed by atoms with Crippen molar-refractivity contribution < 1.29 is 4.74 Å². The lowest BCUT2D eigenvalue weighted by atomic mass is 9.79. The van der Waals surface area contributed by atoms with Gasteiger partial charge >= 0.3 is 0 Å². The van der Waals surface area contributed by atoms with Gasteiger partial charge in [-0.1, -0.05) is 0 Å². The molecule has 1 N–H and O–H groups in total. The van der Waals surface area contributed by atoms with Crippen molar-refractivity contribution in [3.63, 3.8) is 0 Å². The molecule has 1 spiro atoms. The Kier molecular flexibility index (Phi) is 1.24. The maximum absolute atomic E-state index is 5.58. The Morgan fingerprint density at radius 3 is 2.78 bits per heavy atom. The third-order valence-electron chi connectivity index (χ3n) is 2.18. The zero-order valence-corrected chi connectivity index (χ0v) is 5.52. The highest BCUT2D eigenvalue weighted by atomic mass is 16.5. The van der Waals surface area contributed by atoms with E-state index >= 15 is 0 Å². The molecule has 2 rings (SSSR count). The van der Waals surface area contributed by atoms with Crippen molar-refractivity contribution in [3.05, 3.63) is 6.42 Å². The second-order valence-corrected chi connectivity index (χ2v) is 2.83. The normalized spacial score (nSPS) is 32.0. The number of hydrogen-bond acceptors (Lipinski definition) is 2. The highest BCUT2D eigenvalue weighted by Gasteiger charge is 2.39. The summed E-state index contributed by atoms with van der Waals surface area (Å²) in [7, 11) is 0. The molecule has 0 bridgehead atoms. The second-order valence-electron chi connectivity index (χ2n) is 2.83. The first-order chi connectivity index (χ1) is 4.41. The second kappa shape index (κ2) is 1.96. The number of morpholine rings is 1. The van der Waals surface area contributed by atoms with Crippen LogP contribution in [0.2, 0.25) is 0 Å². The molecule has 1 saturated carbocycles. The SMILES string of the molecule is [CH]1CCC12CNCCO2. The standard InChI is InChI=1S/C7H12NO/c1-2-7(3-1)6-8-4-5-9-7/h2,8H,1,3-6H2. The lowest BCUT2D eigenvalue weighted by Crippen LogP contribution is -2.54. The van der Waals surface area contributed by atoms with E-state index in [0.29, 0.717) is 0 Å². The maximum atomic E-state index is 5.58. The molecule has 1 heterocycles. The van der Waals surface area contributed by atoms with Crippen LogP contribution in [0, 0.1) is 6.42 Å². The highest BCUT2D eigenvalue weighted by molar-refractivity contribution is 5.07. The first-order valence-electron chi connectivity index (χ1n) is 3.60. The van der Waals surface area contributed by atoms with Gasteiger partial charge in [-0.25, -0.2) is 0 Å². The Morgan fingerprint density at radius 2 is 2.44 bits per heavy atom. The van der Waals surface area contributed by atoms with Crippen molar-refractivity contribution in [3.8, 4) is 0 Å². The van der Waals surface area contributed by atoms with Gasteiger partial charge in [0.15, 0.2) is 0 Å². The lowest BCUT2D eigenvalue weighted by molar-refractivity contribution is -0.0767. The Bertz CT molecular complexity index is 101. The number of rotatable bonds is 0. The fraction of sp³-hybridized carbons (Fsp3) is 0.857. The van der Waals surface area contributed by atoms with E-state index in [0.717, 1.165) is 19.7 Å². The molecule has 1 aliphatic carbocycles. The molecule has 1 atom stereocenters. The minimum atomic E-state index is 0.165. The van der Waals surface area contributed by atoms with Crippen molar-refractivity contribution in [2.75, 3.05) is 19.7 Å². The van der Waals surface area contributed by atoms with Crippen LogP contribution in [-0.2, 0) is 4.74 Å². The first-order valence-corrected chi connectivity index (χ1v) is 3.60. The maximum Gasteiger partial charge on any atom is 0.0838 e. The molecule has 2 nitrogen and oxygen atoms in total. The molecule has 0 aromatic heterocycles. The van der Waals surface area contributed by atoms with Crippen molar-refractivity contribution in [1.82, 2.24) is 5.32 Å². The van der Waals surface area contributed by atoms with Crippen LogP contribution in [0.1, 0.15) is 12.8 Å². The van der Waals surface area contributed by atoms with E-state index in [1.54, 1.807) is 0 Å². The van der Waals surface area contributed by atoms with Gasteiger partial charge in [0.05, 0.1) is 12.2 Å². The fourth-order valence-corrected chi connectivity index (χ4v) is 1.44. The van der Waals surface area contributed by atoms with Crippen molar-refractivity contribution in [2.24, 2.45) is 0 Å². The summed E-state index contributed by atoms with van der Waals surface area (Å²) < 4.78 is 5.58. The van der Waals surface area contributed by atoms with Gasteiger partial charge in [0, 0.05) is 13.1 Å². The number of hydrogen-bond donors (Lipinski definition) is 1. The van der Waals surface area contributed by atoms with Crippen LogP contribution in [0.5, 0.6) is 0 Å². The molecule has 0 aromatic rings. The van der Waals surface area contributed by atoms with Crippen LogP contribution in [0.3, 0.4) is 0 Å². The molecule has 1 unspecified atom stereocenters. The van der Waals surface area contributed by atoms with Gasteiger partial charge in [-0.15, -0.1) is 0 Å². The molecular weight excluding hydrogens is 114 g/mol. The van der Waals surface area contributed by atoms with E-state index in [4.69, 9.17) is 4.74 Å². The summed E-state index contributed by atoms with van der Waals surface area (Å²) in [6.45, 7) is 2.94. The van der Waals surface area contributed by atoms with Crippen molar-refractivity contribution in [1.29, 1.82) is 0 Å². The molecule has 2 aliphatic rings. The summed E-state index contributed by atoms with van der Waals surface area (Å²) in [5.41, 5.74) is 0.165. The molecule has 51 valence electrons. The zero-order valence-electron chi connectivity index (χ0n) is 5.52. The van der Waals surface area contributed by atoms with Crippen molar-refractivity contribution >= 4 is 0 Å². The summed E-state index contributed by atoms with van der Waals surface area (Å²) in [4.78, 5) is 0. The summed E-state index contributed by atoms with van der Waals surface area (Å²) >= 11 is 0. The quantitative estimate of drug-likeness (QED) is 0.505. The Morgan fingerprint density at radius 1 is 1.56 bits per heavy atom. The third kappa shape index (κ3) is 0.864. The smallest absolute Gasteiger partial charge is 0.0838 e. The molecule has 1 aliphatic heterocycles. The topological polar surface area (TPSA) is 21.3 Å². The number of nitrogens with one attached hydrogen (secondary N) is 1. The van der Waals surface area contributed by atoms with Gasteiger partial charge in [0.1, 0.15) is 0 Å². The molecule has 0 amide bonds. The summed E-state index contributed by atoms with van der Waals surface area (Å²) in [6.07, 6.45) is 4.74. The van der Waals surface area contributed by atoms with Gasteiger partial charge < -0.3 is 10.1 Å². The van der Waals surface area contributed by atoms with E-state index in [1.807, 2.05) is 0 Å². The van der Waals surface area contributed by atoms with E-state index in [9.17, 15) is 0 Å². The molecule has 0 aromatic carbocycles. The van der Waals surface area contributed by atoms with Crippen molar-refractivity contribution in [2.45, 2.75) is 18.4 Å². The monoisotopic (exact) mass is 126 g/mol. The largest absolute Gasteiger partial charge is 0.372 e. The molecular formula is C7H12NO. The summed E-state index contributed by atoms with van der Waals surface area (Å²) in [5, 5.41) is 3.32. The van der Waals surface area contributed by atoms with E-state index in [-0.39, 0.29) is 5.60 Å². The minimum Gasteiger partial charge on any atom is -0.372 e. The molecule has 9 heavy (non-hydrogen) atoms. The van der Waals surface area contributed by atoms with Crippen LogP contribution in [0.25, 0.3) is 0 Å². The average Bonchev–Trinajstić information content (AvgIpc) is 1.87. The van der Waals surface area contributed by atoms with E-state index < -0.39 is 0 Å².